The van der Waals surface area contributed by atoms with E-state index in [-0.39, 0.29) is 19.6 Å². The van der Waals surface area contributed by atoms with E-state index in [1.807, 2.05) is 0 Å². The number of likely N-dealkylation sites (tertiary alicyclic amines) is 1. The SMILES string of the molecule is CN1CC(n2c(CN)nc3cnc4ccc(Cl)cc4c32)C(F)(F)C1. The first kappa shape index (κ1) is 15.7. The Balaban J connectivity index is 2.08. The number of fused-ring (bicyclic) bond motifs is 3. The molecule has 4 rings (SSSR count). The molecule has 0 spiro atoms. The Kier molecular flexibility index (Phi) is 3.49. The fraction of sp³-hybridized carbons (Fsp3) is 0.375. The minimum absolute atomic E-state index is 0.0764. The number of benzene rings is 1. The normalized spacial score (nSPS) is 21.1. The summed E-state index contributed by atoms with van der Waals surface area (Å²) in [6.45, 7) is 0.0218. The summed E-state index contributed by atoms with van der Waals surface area (Å²) in [6.07, 6.45) is 1.60. The Morgan fingerprint density at radius 1 is 1.38 bits per heavy atom. The summed E-state index contributed by atoms with van der Waals surface area (Å²) in [5.74, 6) is -2.43. The van der Waals surface area contributed by atoms with Gasteiger partial charge in [-0.1, -0.05) is 11.6 Å². The number of hydrogen-bond donors (Lipinski definition) is 1. The number of likely N-dealkylation sites (N-methyl/N-ethyl adjacent to an activating group) is 1. The van der Waals surface area contributed by atoms with E-state index in [2.05, 4.69) is 9.97 Å². The van der Waals surface area contributed by atoms with Crippen molar-refractivity contribution in [2.24, 2.45) is 5.73 Å². The number of aromatic nitrogens is 3. The molecule has 3 heterocycles. The summed E-state index contributed by atoms with van der Waals surface area (Å²) >= 11 is 6.11. The second-order valence-corrected chi connectivity index (χ2v) is 6.67. The van der Waals surface area contributed by atoms with Crippen molar-refractivity contribution in [3.8, 4) is 0 Å². The van der Waals surface area contributed by atoms with Crippen molar-refractivity contribution in [1.82, 2.24) is 19.4 Å². The first-order valence-corrected chi connectivity index (χ1v) is 8.00. The molecule has 1 atom stereocenters. The standard InChI is InChI=1S/C16H16ClF2N5/c1-23-7-13(16(18,19)8-23)24-14(5-20)22-12-6-21-11-3-2-9(17)4-10(11)15(12)24/h2-4,6,13H,5,7-8,20H2,1H3. The van der Waals surface area contributed by atoms with Crippen molar-refractivity contribution in [1.29, 1.82) is 0 Å². The molecule has 2 N–H and O–H groups in total. The molecule has 0 radical (unpaired) electrons. The van der Waals surface area contributed by atoms with Crippen LogP contribution in [0.25, 0.3) is 21.9 Å². The number of imidazole rings is 1. The van der Waals surface area contributed by atoms with Crippen LogP contribution in [0.5, 0.6) is 0 Å². The van der Waals surface area contributed by atoms with Crippen LogP contribution < -0.4 is 5.73 Å². The van der Waals surface area contributed by atoms with Crippen LogP contribution in [-0.4, -0.2) is 45.5 Å². The lowest BCUT2D eigenvalue weighted by Gasteiger charge is -2.22. The summed E-state index contributed by atoms with van der Waals surface area (Å²) in [5, 5.41) is 1.23. The molecule has 0 amide bonds. The summed E-state index contributed by atoms with van der Waals surface area (Å²) in [7, 11) is 1.69. The zero-order valence-electron chi connectivity index (χ0n) is 13.0. The summed E-state index contributed by atoms with van der Waals surface area (Å²) in [6, 6.07) is 4.22. The monoisotopic (exact) mass is 351 g/mol. The molecule has 0 aliphatic carbocycles. The van der Waals surface area contributed by atoms with Gasteiger partial charge in [0.05, 0.1) is 30.3 Å². The van der Waals surface area contributed by atoms with Gasteiger partial charge < -0.3 is 10.3 Å². The fourth-order valence-electron chi connectivity index (χ4n) is 3.51. The van der Waals surface area contributed by atoms with Gasteiger partial charge in [0.1, 0.15) is 17.4 Å². The fourth-order valence-corrected chi connectivity index (χ4v) is 3.68. The van der Waals surface area contributed by atoms with Gasteiger partial charge in [0.2, 0.25) is 0 Å². The number of nitrogens with two attached hydrogens (primary N) is 1. The summed E-state index contributed by atoms with van der Waals surface area (Å²) in [4.78, 5) is 10.4. The van der Waals surface area contributed by atoms with Crippen LogP contribution in [0.4, 0.5) is 8.78 Å². The Labute approximate surface area is 142 Å². The van der Waals surface area contributed by atoms with Gasteiger partial charge in [-0.05, 0) is 25.2 Å². The Bertz CT molecular complexity index is 939. The van der Waals surface area contributed by atoms with Gasteiger partial charge >= 0.3 is 0 Å². The predicted molar refractivity (Wildman–Crippen MR) is 89.4 cm³/mol. The third kappa shape index (κ3) is 2.27. The van der Waals surface area contributed by atoms with E-state index in [9.17, 15) is 8.78 Å². The number of hydrogen-bond acceptors (Lipinski definition) is 4. The molecular weight excluding hydrogens is 336 g/mol. The Hall–Kier alpha value is -1.83. The van der Waals surface area contributed by atoms with E-state index in [0.717, 1.165) is 0 Å². The van der Waals surface area contributed by atoms with Gasteiger partial charge in [-0.3, -0.25) is 9.88 Å². The minimum atomic E-state index is -2.86. The maximum Gasteiger partial charge on any atom is 0.282 e. The second kappa shape index (κ2) is 5.34. The van der Waals surface area contributed by atoms with Gasteiger partial charge in [-0.2, -0.15) is 0 Å². The molecule has 0 saturated carbocycles. The highest BCUT2D eigenvalue weighted by Crippen LogP contribution is 2.40. The van der Waals surface area contributed by atoms with Crippen molar-refractivity contribution < 1.29 is 8.78 Å². The van der Waals surface area contributed by atoms with Crippen LogP contribution in [-0.2, 0) is 6.54 Å². The molecule has 1 saturated heterocycles. The lowest BCUT2D eigenvalue weighted by atomic mass is 10.1. The van der Waals surface area contributed by atoms with Crippen LogP contribution in [0.15, 0.2) is 24.4 Å². The van der Waals surface area contributed by atoms with E-state index in [1.165, 1.54) is 0 Å². The number of pyridine rings is 1. The molecule has 1 aliphatic heterocycles. The second-order valence-electron chi connectivity index (χ2n) is 6.23. The average molecular weight is 352 g/mol. The first-order chi connectivity index (χ1) is 11.4. The third-order valence-electron chi connectivity index (χ3n) is 4.50. The lowest BCUT2D eigenvalue weighted by molar-refractivity contribution is -0.0201. The average Bonchev–Trinajstić information content (AvgIpc) is 3.02. The van der Waals surface area contributed by atoms with Crippen LogP contribution in [0.1, 0.15) is 11.9 Å². The maximum atomic E-state index is 14.6. The molecule has 1 fully saturated rings. The van der Waals surface area contributed by atoms with Gasteiger partial charge in [-0.15, -0.1) is 0 Å². The third-order valence-corrected chi connectivity index (χ3v) is 4.73. The molecule has 0 bridgehead atoms. The van der Waals surface area contributed by atoms with Crippen LogP contribution in [0.2, 0.25) is 5.02 Å². The number of rotatable bonds is 2. The van der Waals surface area contributed by atoms with Gasteiger partial charge in [0.25, 0.3) is 5.92 Å². The van der Waals surface area contributed by atoms with E-state index in [4.69, 9.17) is 17.3 Å². The molecule has 24 heavy (non-hydrogen) atoms. The van der Waals surface area contributed by atoms with Crippen molar-refractivity contribution in [2.75, 3.05) is 20.1 Å². The molecule has 3 aromatic rings. The maximum absolute atomic E-state index is 14.6. The molecule has 5 nitrogen and oxygen atoms in total. The molecular formula is C16H16ClF2N5. The van der Waals surface area contributed by atoms with Crippen molar-refractivity contribution >= 4 is 33.5 Å². The minimum Gasteiger partial charge on any atom is -0.324 e. The lowest BCUT2D eigenvalue weighted by Crippen LogP contribution is -2.31. The highest BCUT2D eigenvalue weighted by Gasteiger charge is 2.49. The molecule has 1 unspecified atom stereocenters. The Morgan fingerprint density at radius 2 is 2.17 bits per heavy atom. The van der Waals surface area contributed by atoms with Crippen molar-refractivity contribution in [3.05, 3.63) is 35.2 Å². The van der Waals surface area contributed by atoms with E-state index in [0.29, 0.717) is 32.8 Å². The molecule has 126 valence electrons. The number of nitrogens with zero attached hydrogens (tertiary/aromatic N) is 4. The highest BCUT2D eigenvalue weighted by molar-refractivity contribution is 6.31. The zero-order chi connectivity index (χ0) is 17.1. The molecule has 2 aromatic heterocycles. The Morgan fingerprint density at radius 3 is 2.83 bits per heavy atom. The zero-order valence-corrected chi connectivity index (χ0v) is 13.8. The molecule has 1 aliphatic rings. The largest absolute Gasteiger partial charge is 0.324 e. The molecule has 1 aromatic carbocycles. The number of halogens is 3. The quantitative estimate of drug-likeness (QED) is 0.771. The van der Waals surface area contributed by atoms with Gasteiger partial charge in [0.15, 0.2) is 0 Å². The van der Waals surface area contributed by atoms with Crippen molar-refractivity contribution in [2.45, 2.75) is 18.5 Å². The van der Waals surface area contributed by atoms with Crippen LogP contribution in [0.3, 0.4) is 0 Å². The topological polar surface area (TPSA) is 60.0 Å². The van der Waals surface area contributed by atoms with Crippen LogP contribution in [0, 0.1) is 0 Å². The smallest absolute Gasteiger partial charge is 0.282 e. The predicted octanol–water partition coefficient (Wildman–Crippen LogP) is 2.82. The van der Waals surface area contributed by atoms with Crippen LogP contribution >= 0.6 is 11.6 Å². The first-order valence-electron chi connectivity index (χ1n) is 7.62. The van der Waals surface area contributed by atoms with Gasteiger partial charge in [-0.25, -0.2) is 13.8 Å². The van der Waals surface area contributed by atoms with Gasteiger partial charge in [0, 0.05) is 17.0 Å². The number of alkyl halides is 2. The molecule has 8 heteroatoms. The summed E-state index contributed by atoms with van der Waals surface area (Å²) in [5.41, 5.74) is 7.64. The highest BCUT2D eigenvalue weighted by atomic mass is 35.5. The summed E-state index contributed by atoms with van der Waals surface area (Å²) < 4.78 is 30.7. The van der Waals surface area contributed by atoms with Crippen molar-refractivity contribution in [3.63, 3.8) is 0 Å². The van der Waals surface area contributed by atoms with E-state index < -0.39 is 12.0 Å². The van der Waals surface area contributed by atoms with E-state index in [1.54, 1.807) is 40.9 Å². The van der Waals surface area contributed by atoms with E-state index >= 15 is 0 Å².